The van der Waals surface area contributed by atoms with Crippen LogP contribution in [0.25, 0.3) is 20.9 Å². The van der Waals surface area contributed by atoms with Gasteiger partial charge in [0, 0.05) is 18.9 Å². The standard InChI is InChI=1S/C18H30.N6O2S/c1-2-3-4-5-6-7-8-9-10-12-15-18-16-13-11-14-17-18;1-3-5-9(7,8)6-4-2/h11,13-14,16-17H,2-10,12,15H2,1H3;. The minimum absolute atomic E-state index is 1.26. The highest BCUT2D eigenvalue weighted by molar-refractivity contribution is 7.88. The number of nitrogens with zero attached hydrogens (tertiary/aromatic N) is 6. The van der Waals surface area contributed by atoms with Crippen molar-refractivity contribution in [2.45, 2.75) is 77.6 Å². The van der Waals surface area contributed by atoms with Crippen molar-refractivity contribution in [3.8, 4) is 0 Å². The van der Waals surface area contributed by atoms with Crippen molar-refractivity contribution in [3.05, 3.63) is 56.8 Å². The number of rotatable bonds is 13. The first-order valence-corrected chi connectivity index (χ1v) is 10.9. The van der Waals surface area contributed by atoms with Crippen LogP contribution in [-0.2, 0) is 16.6 Å². The monoisotopic (exact) mass is 394 g/mol. The summed E-state index contributed by atoms with van der Waals surface area (Å²) in [5.41, 5.74) is 16.5. The fourth-order valence-electron chi connectivity index (χ4n) is 2.57. The molecule has 0 saturated heterocycles. The summed E-state index contributed by atoms with van der Waals surface area (Å²) < 4.78 is 24.3. The number of hydrogen-bond donors (Lipinski definition) is 0. The first-order valence-electron chi connectivity index (χ1n) is 9.47. The predicted octanol–water partition coefficient (Wildman–Crippen LogP) is 7.00. The van der Waals surface area contributed by atoms with E-state index in [9.17, 15) is 8.42 Å². The van der Waals surface area contributed by atoms with Crippen LogP contribution in [0.15, 0.2) is 39.4 Å². The quantitative estimate of drug-likeness (QED) is 0.154. The number of unbranched alkanes of at least 4 members (excludes halogenated alkanes) is 9. The average molecular weight is 395 g/mol. The average Bonchev–Trinajstić information content (AvgIpc) is 2.64. The van der Waals surface area contributed by atoms with Crippen molar-refractivity contribution in [1.82, 2.24) is 0 Å². The van der Waals surface area contributed by atoms with Gasteiger partial charge < -0.3 is 0 Å². The Bertz CT molecular complexity index is 657. The highest BCUT2D eigenvalue weighted by Crippen LogP contribution is 2.12. The number of benzene rings is 1. The molecule has 8 nitrogen and oxygen atoms in total. The second kappa shape index (κ2) is 17.2. The molecule has 0 fully saturated rings. The summed E-state index contributed by atoms with van der Waals surface area (Å²) in [4.78, 5) is 3.80. The van der Waals surface area contributed by atoms with E-state index in [1.165, 1.54) is 76.2 Å². The molecule has 0 N–H and O–H groups in total. The number of aryl methyl sites for hydroxylation is 1. The molecule has 9 heteroatoms. The summed E-state index contributed by atoms with van der Waals surface area (Å²) in [6, 6.07) is 10.9. The third-order valence-corrected chi connectivity index (χ3v) is 4.50. The van der Waals surface area contributed by atoms with E-state index in [1.807, 2.05) is 9.82 Å². The van der Waals surface area contributed by atoms with Crippen molar-refractivity contribution in [1.29, 1.82) is 0 Å². The van der Waals surface area contributed by atoms with E-state index in [-0.39, 0.29) is 0 Å². The van der Waals surface area contributed by atoms with Crippen molar-refractivity contribution >= 4 is 10.2 Å². The molecule has 150 valence electrons. The van der Waals surface area contributed by atoms with E-state index in [2.05, 4.69) is 46.3 Å². The summed E-state index contributed by atoms with van der Waals surface area (Å²) in [6.45, 7) is 2.28. The fourth-order valence-corrected chi connectivity index (χ4v) is 2.79. The van der Waals surface area contributed by atoms with E-state index in [4.69, 9.17) is 11.1 Å². The Balaban J connectivity index is 0.000000636. The smallest absolute Gasteiger partial charge is 0.213 e. The normalized spacial score (nSPS) is 10.1. The SMILES string of the molecule is CCCCCCCCCCCCc1ccccc1.[N-]=[N+]=NS(=O)(=O)N=[N+]=[N-]. The summed E-state index contributed by atoms with van der Waals surface area (Å²) >= 11 is 0. The van der Waals surface area contributed by atoms with E-state index in [0.29, 0.717) is 0 Å². The van der Waals surface area contributed by atoms with Crippen LogP contribution in [0.5, 0.6) is 0 Å². The zero-order chi connectivity index (χ0) is 20.2. The Morgan fingerprint density at radius 3 is 1.67 bits per heavy atom. The molecule has 0 saturated carbocycles. The predicted molar refractivity (Wildman–Crippen MR) is 109 cm³/mol. The van der Waals surface area contributed by atoms with Crippen molar-refractivity contribution in [2.75, 3.05) is 0 Å². The zero-order valence-corrected chi connectivity index (χ0v) is 16.9. The van der Waals surface area contributed by atoms with E-state index < -0.39 is 10.2 Å². The second-order valence-corrected chi connectivity index (χ2v) is 7.43. The molecule has 0 radical (unpaired) electrons. The molecule has 0 atom stereocenters. The number of hydrogen-bond acceptors (Lipinski definition) is 2. The topological polar surface area (TPSA) is 132 Å². The molecule has 0 aliphatic carbocycles. The van der Waals surface area contributed by atoms with Gasteiger partial charge in [-0.2, -0.15) is 0 Å². The second-order valence-electron chi connectivity index (χ2n) is 6.21. The molecular formula is C18H30N6O2S. The van der Waals surface area contributed by atoms with Crippen LogP contribution in [0, 0.1) is 0 Å². The molecule has 0 aromatic heterocycles. The van der Waals surface area contributed by atoms with Gasteiger partial charge in [0.1, 0.15) is 0 Å². The van der Waals surface area contributed by atoms with Gasteiger partial charge in [-0.05, 0) is 29.5 Å². The molecule has 0 aliphatic heterocycles. The van der Waals surface area contributed by atoms with Gasteiger partial charge in [0.25, 0.3) is 0 Å². The lowest BCUT2D eigenvalue weighted by molar-refractivity contribution is 0.556. The van der Waals surface area contributed by atoms with Crippen LogP contribution in [0.3, 0.4) is 0 Å². The van der Waals surface area contributed by atoms with Crippen molar-refractivity contribution < 1.29 is 8.42 Å². The first kappa shape index (κ1) is 24.8. The van der Waals surface area contributed by atoms with Crippen molar-refractivity contribution in [2.24, 2.45) is 9.04 Å². The summed E-state index contributed by atoms with van der Waals surface area (Å²) in [7, 11) is -4.27. The van der Waals surface area contributed by atoms with E-state index >= 15 is 0 Å². The third kappa shape index (κ3) is 17.0. The van der Waals surface area contributed by atoms with Crippen LogP contribution < -0.4 is 0 Å². The van der Waals surface area contributed by atoms with E-state index in [1.54, 1.807) is 0 Å². The Morgan fingerprint density at radius 1 is 0.778 bits per heavy atom. The molecule has 0 unspecified atom stereocenters. The molecule has 0 bridgehead atoms. The zero-order valence-electron chi connectivity index (χ0n) is 16.1. The Hall–Kier alpha value is -2.21. The van der Waals surface area contributed by atoms with E-state index in [0.717, 1.165) is 0 Å². The molecule has 1 aromatic carbocycles. The molecule has 1 rings (SSSR count). The summed E-state index contributed by atoms with van der Waals surface area (Å²) in [5, 5.41) is 0. The summed E-state index contributed by atoms with van der Waals surface area (Å²) in [6.07, 6.45) is 15.5. The molecule has 27 heavy (non-hydrogen) atoms. The molecular weight excluding hydrogens is 364 g/mol. The van der Waals surface area contributed by atoms with Crippen LogP contribution in [0.1, 0.15) is 76.7 Å². The van der Waals surface area contributed by atoms with Crippen LogP contribution >= 0.6 is 0 Å². The maximum atomic E-state index is 9.99. The van der Waals surface area contributed by atoms with Crippen LogP contribution in [0.4, 0.5) is 0 Å². The van der Waals surface area contributed by atoms with Gasteiger partial charge in [0.05, 0.1) is 0 Å². The first-order chi connectivity index (χ1) is 13.1. The van der Waals surface area contributed by atoms with Gasteiger partial charge in [-0.25, -0.2) is 8.42 Å². The van der Waals surface area contributed by atoms with Crippen molar-refractivity contribution in [3.63, 3.8) is 0 Å². The lowest BCUT2D eigenvalue weighted by Crippen LogP contribution is -1.86. The largest absolute Gasteiger partial charge is 0.321 e. The lowest BCUT2D eigenvalue weighted by atomic mass is 10.0. The fraction of sp³-hybridized carbons (Fsp3) is 0.667. The maximum Gasteiger partial charge on any atom is 0.321 e. The van der Waals surface area contributed by atoms with Crippen LogP contribution in [0.2, 0.25) is 0 Å². The maximum absolute atomic E-state index is 9.99. The highest BCUT2D eigenvalue weighted by Gasteiger charge is 1.99. The molecule has 1 aromatic rings. The number of azide groups is 1. The van der Waals surface area contributed by atoms with Gasteiger partial charge in [-0.3, -0.25) is 0 Å². The highest BCUT2D eigenvalue weighted by atomic mass is 32.2. The van der Waals surface area contributed by atoms with Gasteiger partial charge in [-0.1, -0.05) is 95.0 Å². The summed E-state index contributed by atoms with van der Waals surface area (Å²) in [5.74, 6) is 0. The van der Waals surface area contributed by atoms with Gasteiger partial charge >= 0.3 is 10.2 Å². The minimum atomic E-state index is -4.27. The van der Waals surface area contributed by atoms with Gasteiger partial charge in [0.2, 0.25) is 0 Å². The third-order valence-electron chi connectivity index (χ3n) is 3.94. The molecule has 0 amide bonds. The minimum Gasteiger partial charge on any atom is -0.213 e. The van der Waals surface area contributed by atoms with Gasteiger partial charge in [-0.15, -0.1) is 0 Å². The molecule has 0 spiro atoms. The van der Waals surface area contributed by atoms with Gasteiger partial charge in [0.15, 0.2) is 0 Å². The Kier molecular flexibility index (Phi) is 15.8. The van der Waals surface area contributed by atoms with Crippen LogP contribution in [-0.4, -0.2) is 8.42 Å². The molecule has 0 aliphatic rings. The lowest BCUT2D eigenvalue weighted by Gasteiger charge is -2.03. The Labute approximate surface area is 162 Å². The Morgan fingerprint density at radius 2 is 1.22 bits per heavy atom. The molecule has 0 heterocycles.